The minimum absolute atomic E-state index is 0.335. The van der Waals surface area contributed by atoms with Crippen molar-refractivity contribution in [1.29, 1.82) is 0 Å². The number of carbonyl (C=O) groups is 1. The van der Waals surface area contributed by atoms with Crippen molar-refractivity contribution < 1.29 is 9.90 Å². The molecular weight excluding hydrogens is 310 g/mol. The summed E-state index contributed by atoms with van der Waals surface area (Å²) < 4.78 is 0. The topological polar surface area (TPSA) is 63.3 Å². The summed E-state index contributed by atoms with van der Waals surface area (Å²) in [5, 5.41) is 7.42. The van der Waals surface area contributed by atoms with E-state index in [9.17, 15) is 0 Å². The van der Waals surface area contributed by atoms with E-state index in [4.69, 9.17) is 15.6 Å². The van der Waals surface area contributed by atoms with Gasteiger partial charge in [-0.05, 0) is 71.6 Å². The summed E-state index contributed by atoms with van der Waals surface area (Å²) in [5.74, 6) is 0.544. The molecule has 3 heteroatoms. The molecule has 25 heavy (non-hydrogen) atoms. The minimum atomic E-state index is -0.833. The third-order valence-electron chi connectivity index (χ3n) is 6.63. The van der Waals surface area contributed by atoms with Crippen LogP contribution in [0.25, 0.3) is 0 Å². The average molecular weight is 346 g/mol. The summed E-state index contributed by atoms with van der Waals surface area (Å²) in [5.41, 5.74) is 11.6. The maximum atomic E-state index is 9.00. The molecule has 1 saturated carbocycles. The lowest BCUT2D eigenvalue weighted by molar-refractivity contribution is -0.134. The van der Waals surface area contributed by atoms with Crippen LogP contribution in [0.4, 0.5) is 0 Å². The first kappa shape index (κ1) is 20.0. The average Bonchev–Trinajstić information content (AvgIpc) is 2.53. The summed E-state index contributed by atoms with van der Waals surface area (Å²) in [6.45, 7) is 11.5. The molecule has 1 fully saturated rings. The zero-order valence-corrected chi connectivity index (χ0v) is 16.6. The highest BCUT2D eigenvalue weighted by Gasteiger charge is 2.50. The number of hydrogen-bond acceptors (Lipinski definition) is 2. The number of carboxylic acids is 1. The summed E-state index contributed by atoms with van der Waals surface area (Å²) >= 11 is 0. The zero-order valence-electron chi connectivity index (χ0n) is 16.6. The van der Waals surface area contributed by atoms with E-state index in [1.165, 1.54) is 37.7 Å². The summed E-state index contributed by atoms with van der Waals surface area (Å²) in [4.78, 5) is 9.00. The first-order valence-electron chi connectivity index (χ1n) is 9.67. The Labute approximate surface area is 153 Å². The van der Waals surface area contributed by atoms with E-state index in [0.717, 1.165) is 19.4 Å². The van der Waals surface area contributed by atoms with Gasteiger partial charge in [-0.25, -0.2) is 0 Å². The lowest BCUT2D eigenvalue weighted by Gasteiger charge is -2.55. The fraction of sp³-hybridized carbons (Fsp3) is 0.682. The van der Waals surface area contributed by atoms with Gasteiger partial charge in [0.25, 0.3) is 5.97 Å². The van der Waals surface area contributed by atoms with Gasteiger partial charge in [0.2, 0.25) is 0 Å². The molecule has 2 aliphatic carbocycles. The lowest BCUT2D eigenvalue weighted by atomic mass is 9.50. The van der Waals surface area contributed by atoms with Crippen molar-refractivity contribution in [1.82, 2.24) is 0 Å². The van der Waals surface area contributed by atoms with Crippen molar-refractivity contribution in [3.63, 3.8) is 0 Å². The van der Waals surface area contributed by atoms with Crippen LogP contribution in [0.15, 0.2) is 18.2 Å². The molecule has 0 heterocycles. The van der Waals surface area contributed by atoms with Gasteiger partial charge in [0, 0.05) is 6.92 Å². The van der Waals surface area contributed by atoms with Crippen molar-refractivity contribution in [3.05, 3.63) is 34.9 Å². The maximum absolute atomic E-state index is 9.00. The molecule has 0 bridgehead atoms. The monoisotopic (exact) mass is 345 g/mol. The van der Waals surface area contributed by atoms with E-state index in [2.05, 4.69) is 45.9 Å². The standard InChI is InChI=1S/C20H31N.C2H4O2/c1-14(2)15-6-8-17-16(12-15)7-9-18-19(3,13-21)10-5-11-20(17,18)4;1-2(3)4/h6,8,12,14,18H,5,7,9-11,13,21H2,1-4H3;1H3,(H,3,4)/t18-,19-,20+;/m0./s1. The Morgan fingerprint density at radius 2 is 1.96 bits per heavy atom. The molecule has 0 unspecified atom stereocenters. The predicted octanol–water partition coefficient (Wildman–Crippen LogP) is 4.87. The largest absolute Gasteiger partial charge is 0.481 e. The molecule has 1 aromatic rings. The Bertz CT molecular complexity index is 620. The van der Waals surface area contributed by atoms with Crippen LogP contribution in [0.3, 0.4) is 0 Å². The number of hydrogen-bond donors (Lipinski definition) is 2. The molecule has 0 aliphatic heterocycles. The van der Waals surface area contributed by atoms with Gasteiger partial charge in [0.05, 0.1) is 0 Å². The van der Waals surface area contributed by atoms with Gasteiger partial charge < -0.3 is 10.8 Å². The number of benzene rings is 1. The van der Waals surface area contributed by atoms with Crippen LogP contribution in [-0.4, -0.2) is 17.6 Å². The normalized spacial score (nSPS) is 30.8. The molecule has 2 aliphatic rings. The Kier molecular flexibility index (Phi) is 5.98. The molecule has 0 aromatic heterocycles. The summed E-state index contributed by atoms with van der Waals surface area (Å²) in [7, 11) is 0. The molecule has 0 radical (unpaired) electrons. The van der Waals surface area contributed by atoms with Crippen LogP contribution < -0.4 is 5.73 Å². The molecule has 0 spiro atoms. The molecular formula is C22H35NO2. The Hall–Kier alpha value is -1.35. The van der Waals surface area contributed by atoms with Crippen LogP contribution in [0, 0.1) is 11.3 Å². The molecule has 0 amide bonds. The van der Waals surface area contributed by atoms with Crippen LogP contribution in [0.2, 0.25) is 0 Å². The van der Waals surface area contributed by atoms with Crippen LogP contribution in [0.5, 0.6) is 0 Å². The van der Waals surface area contributed by atoms with E-state index in [-0.39, 0.29) is 0 Å². The molecule has 3 N–H and O–H groups in total. The third kappa shape index (κ3) is 3.92. The maximum Gasteiger partial charge on any atom is 0.300 e. The third-order valence-corrected chi connectivity index (χ3v) is 6.63. The van der Waals surface area contributed by atoms with Crippen LogP contribution in [-0.2, 0) is 16.6 Å². The highest BCUT2D eigenvalue weighted by molar-refractivity contribution is 5.62. The fourth-order valence-corrected chi connectivity index (χ4v) is 5.25. The van der Waals surface area contributed by atoms with Crippen molar-refractivity contribution >= 4 is 5.97 Å². The number of nitrogens with two attached hydrogens (primary N) is 1. The molecule has 3 atom stereocenters. The quantitative estimate of drug-likeness (QED) is 0.804. The number of carboxylic acid groups (broad SMARTS) is 1. The molecule has 0 saturated heterocycles. The second-order valence-electron chi connectivity index (χ2n) is 8.81. The second kappa shape index (κ2) is 7.49. The Morgan fingerprint density at radius 3 is 2.52 bits per heavy atom. The van der Waals surface area contributed by atoms with Gasteiger partial charge in [0.1, 0.15) is 0 Å². The van der Waals surface area contributed by atoms with E-state index in [1.54, 1.807) is 11.1 Å². The van der Waals surface area contributed by atoms with Gasteiger partial charge in [0.15, 0.2) is 0 Å². The number of aliphatic carboxylic acids is 1. The number of fused-ring (bicyclic) bond motifs is 3. The predicted molar refractivity (Wildman–Crippen MR) is 104 cm³/mol. The zero-order chi connectivity index (χ0) is 18.8. The van der Waals surface area contributed by atoms with E-state index in [0.29, 0.717) is 16.7 Å². The van der Waals surface area contributed by atoms with E-state index >= 15 is 0 Å². The summed E-state index contributed by atoms with van der Waals surface area (Å²) in [6, 6.07) is 7.29. The summed E-state index contributed by atoms with van der Waals surface area (Å²) in [6.07, 6.45) is 6.53. The number of rotatable bonds is 2. The Morgan fingerprint density at radius 1 is 1.32 bits per heavy atom. The van der Waals surface area contributed by atoms with Crippen molar-refractivity contribution in [3.8, 4) is 0 Å². The van der Waals surface area contributed by atoms with Gasteiger partial charge in [-0.1, -0.05) is 52.3 Å². The second-order valence-corrected chi connectivity index (χ2v) is 8.81. The molecule has 3 nitrogen and oxygen atoms in total. The highest BCUT2D eigenvalue weighted by atomic mass is 16.4. The van der Waals surface area contributed by atoms with Crippen molar-refractivity contribution in [2.45, 2.75) is 78.1 Å². The van der Waals surface area contributed by atoms with Gasteiger partial charge in [-0.15, -0.1) is 0 Å². The van der Waals surface area contributed by atoms with Gasteiger partial charge >= 0.3 is 0 Å². The fourth-order valence-electron chi connectivity index (χ4n) is 5.25. The van der Waals surface area contributed by atoms with Crippen LogP contribution in [0.1, 0.15) is 82.9 Å². The first-order chi connectivity index (χ1) is 11.6. The van der Waals surface area contributed by atoms with Gasteiger partial charge in [-0.3, -0.25) is 4.79 Å². The van der Waals surface area contributed by atoms with E-state index in [1.807, 2.05) is 0 Å². The highest BCUT2D eigenvalue weighted by Crippen LogP contribution is 2.56. The number of aryl methyl sites for hydroxylation is 1. The minimum Gasteiger partial charge on any atom is -0.481 e. The molecule has 140 valence electrons. The van der Waals surface area contributed by atoms with E-state index < -0.39 is 5.97 Å². The van der Waals surface area contributed by atoms with Gasteiger partial charge in [-0.2, -0.15) is 0 Å². The lowest BCUT2D eigenvalue weighted by Crippen LogP contribution is -2.51. The first-order valence-corrected chi connectivity index (χ1v) is 9.67. The van der Waals surface area contributed by atoms with Crippen molar-refractivity contribution in [2.24, 2.45) is 17.1 Å². The Balaban J connectivity index is 0.000000511. The molecule has 3 rings (SSSR count). The smallest absolute Gasteiger partial charge is 0.300 e. The van der Waals surface area contributed by atoms with Crippen molar-refractivity contribution in [2.75, 3.05) is 6.54 Å². The SMILES string of the molecule is CC(=O)O.CC(C)c1ccc2c(c1)CC[C@H]1[C@](C)(CN)CCC[C@]21C. The van der Waals surface area contributed by atoms with Crippen LogP contribution >= 0.6 is 0 Å². The molecule has 1 aromatic carbocycles.